The number of rotatable bonds is 4. The molecule has 0 unspecified atom stereocenters. The van der Waals surface area contributed by atoms with Gasteiger partial charge in [-0.3, -0.25) is 0 Å². The fraction of sp³-hybridized carbons (Fsp3) is 0.357. The number of anilines is 1. The second-order valence-corrected chi connectivity index (χ2v) is 5.59. The average Bonchev–Trinajstić information content (AvgIpc) is 2.42. The first-order chi connectivity index (χ1) is 10.3. The van der Waals surface area contributed by atoms with E-state index < -0.39 is 11.9 Å². The third-order valence-corrected chi connectivity index (χ3v) is 3.24. The minimum absolute atomic E-state index is 0.254. The second-order valence-electron chi connectivity index (χ2n) is 5.20. The van der Waals surface area contributed by atoms with Crippen molar-refractivity contribution in [1.29, 1.82) is 0 Å². The number of hydrogen-bond acceptors (Lipinski definition) is 5. The van der Waals surface area contributed by atoms with Gasteiger partial charge >= 0.3 is 11.9 Å². The molecule has 7 nitrogen and oxygen atoms in total. The third kappa shape index (κ3) is 5.71. The van der Waals surface area contributed by atoms with Gasteiger partial charge in [0, 0.05) is 37.2 Å². The zero-order chi connectivity index (χ0) is 16.8. The van der Waals surface area contributed by atoms with E-state index >= 15 is 0 Å². The maximum Gasteiger partial charge on any atom is 0.328 e. The lowest BCUT2D eigenvalue weighted by Gasteiger charge is -2.48. The zero-order valence-corrected chi connectivity index (χ0v) is 12.8. The van der Waals surface area contributed by atoms with E-state index in [0.717, 1.165) is 25.5 Å². The van der Waals surface area contributed by atoms with E-state index in [-0.39, 0.29) is 5.41 Å². The van der Waals surface area contributed by atoms with Crippen LogP contribution in [0.1, 0.15) is 6.92 Å². The van der Waals surface area contributed by atoms with Gasteiger partial charge in [0.2, 0.25) is 0 Å². The van der Waals surface area contributed by atoms with Gasteiger partial charge in [-0.05, 0) is 12.1 Å². The van der Waals surface area contributed by atoms with Crippen molar-refractivity contribution < 1.29 is 19.8 Å². The van der Waals surface area contributed by atoms with Crippen molar-refractivity contribution in [3.05, 3.63) is 35.5 Å². The van der Waals surface area contributed by atoms with E-state index in [1.54, 1.807) is 6.07 Å². The number of halogens is 1. The molecule has 2 heterocycles. The fourth-order valence-electron chi connectivity index (χ4n) is 1.88. The van der Waals surface area contributed by atoms with E-state index in [1.165, 1.54) is 0 Å². The van der Waals surface area contributed by atoms with Crippen LogP contribution in [0, 0.1) is 5.41 Å². The Balaban J connectivity index is 0.000000261. The lowest BCUT2D eigenvalue weighted by Crippen LogP contribution is -2.58. The highest BCUT2D eigenvalue weighted by atomic mass is 35.5. The summed E-state index contributed by atoms with van der Waals surface area (Å²) in [5, 5.41) is 16.2. The summed E-state index contributed by atoms with van der Waals surface area (Å²) in [5.41, 5.74) is 5.92. The van der Waals surface area contributed by atoms with Crippen LogP contribution in [-0.4, -0.2) is 46.8 Å². The Bertz CT molecular complexity index is 555. The van der Waals surface area contributed by atoms with Gasteiger partial charge in [0.1, 0.15) is 11.0 Å². The molecule has 0 spiro atoms. The van der Waals surface area contributed by atoms with E-state index in [1.807, 2.05) is 12.1 Å². The Hall–Kier alpha value is -2.12. The summed E-state index contributed by atoms with van der Waals surface area (Å²) in [6.07, 6.45) is 1.12. The molecule has 1 aromatic heterocycles. The van der Waals surface area contributed by atoms with Gasteiger partial charge < -0.3 is 20.8 Å². The van der Waals surface area contributed by atoms with Gasteiger partial charge in [0.25, 0.3) is 0 Å². The molecule has 1 saturated heterocycles. The summed E-state index contributed by atoms with van der Waals surface area (Å²) in [7, 11) is 0. The molecule has 22 heavy (non-hydrogen) atoms. The number of aliphatic carboxylic acids is 2. The van der Waals surface area contributed by atoms with Crippen molar-refractivity contribution in [1.82, 2.24) is 4.98 Å². The Morgan fingerprint density at radius 3 is 2.32 bits per heavy atom. The predicted octanol–water partition coefficient (Wildman–Crippen LogP) is 1.23. The number of hydrogen-bond donors (Lipinski definition) is 3. The van der Waals surface area contributed by atoms with Crippen molar-refractivity contribution >= 4 is 29.4 Å². The topological polar surface area (TPSA) is 117 Å². The molecule has 120 valence electrons. The number of carboxylic acids is 2. The smallest absolute Gasteiger partial charge is 0.328 e. The molecule has 0 atom stereocenters. The number of carbonyl (C=O) groups is 2. The molecule has 4 N–H and O–H groups in total. The molecule has 1 aliphatic rings. The quantitative estimate of drug-likeness (QED) is 0.562. The van der Waals surface area contributed by atoms with Crippen LogP contribution >= 0.6 is 11.6 Å². The van der Waals surface area contributed by atoms with Crippen molar-refractivity contribution in [3.8, 4) is 0 Å². The molecular formula is C14H18ClN3O4. The maximum absolute atomic E-state index is 9.55. The molecule has 0 radical (unpaired) electrons. The van der Waals surface area contributed by atoms with Crippen LogP contribution in [0.15, 0.2) is 30.4 Å². The van der Waals surface area contributed by atoms with Crippen LogP contribution in [0.5, 0.6) is 0 Å². The fourth-order valence-corrected chi connectivity index (χ4v) is 2.04. The molecule has 1 fully saturated rings. The largest absolute Gasteiger partial charge is 0.478 e. The monoisotopic (exact) mass is 327 g/mol. The van der Waals surface area contributed by atoms with Gasteiger partial charge in [-0.1, -0.05) is 24.6 Å². The summed E-state index contributed by atoms with van der Waals surface area (Å²) < 4.78 is 0. The summed E-state index contributed by atoms with van der Waals surface area (Å²) >= 11 is 5.81. The Morgan fingerprint density at radius 2 is 1.91 bits per heavy atom. The molecule has 0 aliphatic carbocycles. The van der Waals surface area contributed by atoms with Gasteiger partial charge in [-0.15, -0.1) is 0 Å². The first-order valence-electron chi connectivity index (χ1n) is 6.47. The van der Waals surface area contributed by atoms with Crippen LogP contribution in [0.25, 0.3) is 0 Å². The maximum atomic E-state index is 9.55. The minimum atomic E-state index is -1.26. The highest BCUT2D eigenvalue weighted by molar-refractivity contribution is 6.29. The molecule has 0 saturated carbocycles. The normalized spacial score (nSPS) is 15.7. The molecule has 2 rings (SSSR count). The van der Waals surface area contributed by atoms with Gasteiger partial charge in [0.15, 0.2) is 0 Å². The van der Waals surface area contributed by atoms with Crippen molar-refractivity contribution in [2.45, 2.75) is 6.92 Å². The van der Waals surface area contributed by atoms with Gasteiger partial charge in [-0.2, -0.15) is 0 Å². The van der Waals surface area contributed by atoms with Crippen molar-refractivity contribution in [2.75, 3.05) is 24.5 Å². The molecular weight excluding hydrogens is 310 g/mol. The van der Waals surface area contributed by atoms with E-state index in [0.29, 0.717) is 17.3 Å². The number of nitrogens with zero attached hydrogens (tertiary/aromatic N) is 2. The van der Waals surface area contributed by atoms with Gasteiger partial charge in [0.05, 0.1) is 0 Å². The summed E-state index contributed by atoms with van der Waals surface area (Å²) in [4.78, 5) is 25.5. The SMILES string of the molecule is CC1(CN)CN(c2cccc(Cl)n2)C1.O=C(O)C=CC(=O)O. The number of carboxylic acid groups (broad SMARTS) is 2. The first-order valence-corrected chi connectivity index (χ1v) is 6.85. The number of pyridine rings is 1. The third-order valence-electron chi connectivity index (χ3n) is 3.03. The summed E-state index contributed by atoms with van der Waals surface area (Å²) in [6.45, 7) is 4.85. The predicted molar refractivity (Wildman–Crippen MR) is 83.0 cm³/mol. The van der Waals surface area contributed by atoms with Crippen molar-refractivity contribution in [2.24, 2.45) is 11.1 Å². The minimum Gasteiger partial charge on any atom is -0.478 e. The molecule has 1 aliphatic heterocycles. The standard InChI is InChI=1S/C10H14ClN3.C4H4O4/c1-10(5-12)6-14(7-10)9-4-2-3-8(11)13-9;5-3(6)1-2-4(7)8/h2-4H,5-7,12H2,1H3;1-2H,(H,5,6)(H,7,8). The summed E-state index contributed by atoms with van der Waals surface area (Å²) in [5.74, 6) is -1.57. The Morgan fingerprint density at radius 1 is 1.36 bits per heavy atom. The highest BCUT2D eigenvalue weighted by Crippen LogP contribution is 2.32. The van der Waals surface area contributed by atoms with Crippen LogP contribution in [0.2, 0.25) is 5.15 Å². The molecule has 1 aromatic rings. The van der Waals surface area contributed by atoms with Gasteiger partial charge in [-0.25, -0.2) is 14.6 Å². The number of aromatic nitrogens is 1. The second kappa shape index (κ2) is 7.77. The highest BCUT2D eigenvalue weighted by Gasteiger charge is 2.37. The van der Waals surface area contributed by atoms with E-state index in [4.69, 9.17) is 27.5 Å². The lowest BCUT2D eigenvalue weighted by molar-refractivity contribution is -0.134. The zero-order valence-electron chi connectivity index (χ0n) is 12.1. The molecule has 0 bridgehead atoms. The molecule has 0 aromatic carbocycles. The first kappa shape index (κ1) is 17.9. The Labute approximate surface area is 133 Å². The lowest BCUT2D eigenvalue weighted by atomic mass is 9.82. The molecule has 0 amide bonds. The average molecular weight is 328 g/mol. The molecule has 8 heteroatoms. The Kier molecular flexibility index (Phi) is 6.33. The van der Waals surface area contributed by atoms with Crippen LogP contribution < -0.4 is 10.6 Å². The van der Waals surface area contributed by atoms with Crippen LogP contribution in [0.3, 0.4) is 0 Å². The van der Waals surface area contributed by atoms with E-state index in [9.17, 15) is 9.59 Å². The van der Waals surface area contributed by atoms with Crippen LogP contribution in [-0.2, 0) is 9.59 Å². The van der Waals surface area contributed by atoms with Crippen LogP contribution in [0.4, 0.5) is 5.82 Å². The summed E-state index contributed by atoms with van der Waals surface area (Å²) in [6, 6.07) is 5.68. The van der Waals surface area contributed by atoms with E-state index in [2.05, 4.69) is 16.8 Å². The van der Waals surface area contributed by atoms with Crippen molar-refractivity contribution in [3.63, 3.8) is 0 Å². The number of nitrogens with two attached hydrogens (primary N) is 1.